The lowest BCUT2D eigenvalue weighted by Crippen LogP contribution is -2.30. The van der Waals surface area contributed by atoms with Gasteiger partial charge < -0.3 is 10.4 Å². The molecule has 1 aromatic rings. The number of aromatic nitrogens is 2. The van der Waals surface area contributed by atoms with Gasteiger partial charge in [0.15, 0.2) is 0 Å². The van der Waals surface area contributed by atoms with E-state index in [0.29, 0.717) is 12.6 Å². The predicted molar refractivity (Wildman–Crippen MR) is 66.0 cm³/mol. The normalized spacial score (nSPS) is 17.5. The van der Waals surface area contributed by atoms with Crippen molar-refractivity contribution in [3.63, 3.8) is 0 Å². The number of aliphatic hydroxyl groups excluding tert-OH is 1. The fourth-order valence-electron chi connectivity index (χ4n) is 1.79. The van der Waals surface area contributed by atoms with Gasteiger partial charge in [0.2, 0.25) is 0 Å². The van der Waals surface area contributed by atoms with Crippen molar-refractivity contribution in [2.45, 2.75) is 38.8 Å². The molecule has 0 aromatic carbocycles. The molecule has 5 nitrogen and oxygen atoms in total. The molecule has 1 aromatic heterocycles. The van der Waals surface area contributed by atoms with E-state index in [2.05, 4.69) is 10.4 Å². The van der Waals surface area contributed by atoms with Crippen LogP contribution in [-0.4, -0.2) is 27.5 Å². The highest BCUT2D eigenvalue weighted by Crippen LogP contribution is 2.21. The molecule has 1 aliphatic rings. The van der Waals surface area contributed by atoms with Crippen LogP contribution in [0.3, 0.4) is 0 Å². The van der Waals surface area contributed by atoms with Crippen molar-refractivity contribution >= 4 is 5.69 Å². The summed E-state index contributed by atoms with van der Waals surface area (Å²) in [4.78, 5) is 11.8. The Balaban J connectivity index is 2.02. The topological polar surface area (TPSA) is 67.2 Å². The van der Waals surface area contributed by atoms with Gasteiger partial charge >= 0.3 is 0 Å². The van der Waals surface area contributed by atoms with E-state index in [9.17, 15) is 4.79 Å². The zero-order valence-corrected chi connectivity index (χ0v) is 10.1. The van der Waals surface area contributed by atoms with Crippen LogP contribution in [0, 0.1) is 5.92 Å². The van der Waals surface area contributed by atoms with Crippen LogP contribution in [0.5, 0.6) is 0 Å². The largest absolute Gasteiger partial charge is 0.396 e. The van der Waals surface area contributed by atoms with Crippen LogP contribution in [0.4, 0.5) is 5.69 Å². The van der Waals surface area contributed by atoms with E-state index in [1.54, 1.807) is 12.3 Å². The Morgan fingerprint density at radius 1 is 1.65 bits per heavy atom. The minimum absolute atomic E-state index is 0.0469. The van der Waals surface area contributed by atoms with Crippen LogP contribution in [0.2, 0.25) is 0 Å². The molecular formula is C12H19N3O2. The van der Waals surface area contributed by atoms with Gasteiger partial charge in [0, 0.05) is 25.3 Å². The molecule has 1 atom stereocenters. The zero-order valence-electron chi connectivity index (χ0n) is 10.1. The molecule has 94 valence electrons. The van der Waals surface area contributed by atoms with Gasteiger partial charge in [-0.05, 0) is 25.2 Å². The Morgan fingerprint density at radius 3 is 2.94 bits per heavy atom. The van der Waals surface area contributed by atoms with E-state index in [0.717, 1.165) is 5.69 Å². The van der Waals surface area contributed by atoms with Crippen molar-refractivity contribution in [1.29, 1.82) is 0 Å². The van der Waals surface area contributed by atoms with Crippen molar-refractivity contribution in [2.75, 3.05) is 11.9 Å². The molecule has 1 fully saturated rings. The van der Waals surface area contributed by atoms with Gasteiger partial charge in [-0.15, -0.1) is 0 Å². The fraction of sp³-hybridized carbons (Fsp3) is 0.667. The first kappa shape index (κ1) is 12.1. The quantitative estimate of drug-likeness (QED) is 0.796. The van der Waals surface area contributed by atoms with Crippen LogP contribution in [0.15, 0.2) is 17.1 Å². The van der Waals surface area contributed by atoms with Crippen molar-refractivity contribution in [2.24, 2.45) is 5.92 Å². The molecule has 2 rings (SSSR count). The van der Waals surface area contributed by atoms with E-state index in [1.165, 1.54) is 23.9 Å². The summed E-state index contributed by atoms with van der Waals surface area (Å²) in [7, 11) is 0. The predicted octanol–water partition coefficient (Wildman–Crippen LogP) is 0.836. The fourth-order valence-corrected chi connectivity index (χ4v) is 1.79. The lowest BCUT2D eigenvalue weighted by molar-refractivity contribution is 0.217. The van der Waals surface area contributed by atoms with Crippen molar-refractivity contribution < 1.29 is 5.11 Å². The summed E-state index contributed by atoms with van der Waals surface area (Å²) in [6.07, 6.45) is 5.29. The Labute approximate surface area is 100 Å². The van der Waals surface area contributed by atoms with E-state index in [1.807, 2.05) is 6.92 Å². The van der Waals surface area contributed by atoms with Crippen molar-refractivity contribution in [1.82, 2.24) is 9.78 Å². The Morgan fingerprint density at radius 2 is 2.41 bits per heavy atom. The van der Waals surface area contributed by atoms with Crippen molar-refractivity contribution in [3.8, 4) is 0 Å². The number of hydrogen-bond acceptors (Lipinski definition) is 4. The van der Waals surface area contributed by atoms with E-state index in [4.69, 9.17) is 5.11 Å². The molecule has 0 radical (unpaired) electrons. The van der Waals surface area contributed by atoms with Crippen LogP contribution in [0.1, 0.15) is 26.2 Å². The molecule has 17 heavy (non-hydrogen) atoms. The highest BCUT2D eigenvalue weighted by molar-refractivity contribution is 5.40. The molecule has 0 saturated heterocycles. The van der Waals surface area contributed by atoms with Gasteiger partial charge in [-0.1, -0.05) is 6.92 Å². The summed E-state index contributed by atoms with van der Waals surface area (Å²) in [5.41, 5.74) is 0.683. The van der Waals surface area contributed by atoms with Gasteiger partial charge in [0.1, 0.15) is 0 Å². The van der Waals surface area contributed by atoms with E-state index >= 15 is 0 Å². The summed E-state index contributed by atoms with van der Waals surface area (Å²) >= 11 is 0. The number of rotatable bonds is 5. The number of hydrogen-bond donors (Lipinski definition) is 2. The molecule has 1 saturated carbocycles. The average Bonchev–Trinajstić information content (AvgIpc) is 2.27. The first-order valence-corrected chi connectivity index (χ1v) is 6.13. The molecule has 0 spiro atoms. The van der Waals surface area contributed by atoms with Gasteiger partial charge in [-0.3, -0.25) is 4.79 Å². The van der Waals surface area contributed by atoms with Gasteiger partial charge in [0.05, 0.1) is 11.9 Å². The summed E-state index contributed by atoms with van der Waals surface area (Å²) in [5, 5.41) is 16.3. The lowest BCUT2D eigenvalue weighted by Gasteiger charge is -2.27. The molecule has 0 amide bonds. The maximum absolute atomic E-state index is 11.8. The first-order chi connectivity index (χ1) is 8.19. The van der Waals surface area contributed by atoms with E-state index in [-0.39, 0.29) is 18.1 Å². The molecule has 0 bridgehead atoms. The summed E-state index contributed by atoms with van der Waals surface area (Å²) in [5.74, 6) is 0.0469. The van der Waals surface area contributed by atoms with Crippen molar-refractivity contribution in [3.05, 3.63) is 22.6 Å². The molecule has 0 aliphatic heterocycles. The summed E-state index contributed by atoms with van der Waals surface area (Å²) in [6.45, 7) is 2.41. The third-order valence-corrected chi connectivity index (χ3v) is 3.14. The third kappa shape index (κ3) is 3.06. The second-order valence-corrected chi connectivity index (χ2v) is 4.82. The number of anilines is 1. The molecule has 1 heterocycles. The summed E-state index contributed by atoms with van der Waals surface area (Å²) < 4.78 is 1.40. The zero-order chi connectivity index (χ0) is 12.3. The highest BCUT2D eigenvalue weighted by Gasteiger charge is 2.17. The smallest absolute Gasteiger partial charge is 0.268 e. The van der Waals surface area contributed by atoms with Crippen LogP contribution in [0.25, 0.3) is 0 Å². The maximum atomic E-state index is 11.8. The van der Waals surface area contributed by atoms with Crippen LogP contribution >= 0.6 is 0 Å². The Bertz CT molecular complexity index is 426. The lowest BCUT2D eigenvalue weighted by atomic mass is 9.93. The van der Waals surface area contributed by atoms with Crippen LogP contribution in [-0.2, 0) is 6.54 Å². The monoisotopic (exact) mass is 237 g/mol. The molecular weight excluding hydrogens is 218 g/mol. The van der Waals surface area contributed by atoms with Gasteiger partial charge in [0.25, 0.3) is 5.56 Å². The van der Waals surface area contributed by atoms with Gasteiger partial charge in [-0.2, -0.15) is 5.10 Å². The number of nitrogens with zero attached hydrogens (tertiary/aromatic N) is 2. The SMILES string of the molecule is CC(CO)Cn1ncc(NC2CCC2)cc1=O. The highest BCUT2D eigenvalue weighted by atomic mass is 16.3. The molecule has 1 unspecified atom stereocenters. The average molecular weight is 237 g/mol. The molecule has 5 heteroatoms. The standard InChI is InChI=1S/C12H19N3O2/c1-9(8-16)7-15-12(17)5-11(6-13-15)14-10-3-2-4-10/h5-6,9-10,14,16H,2-4,7-8H2,1H3. The second kappa shape index (κ2) is 5.31. The van der Waals surface area contributed by atoms with E-state index < -0.39 is 0 Å². The minimum Gasteiger partial charge on any atom is -0.396 e. The Kier molecular flexibility index (Phi) is 3.78. The third-order valence-electron chi connectivity index (χ3n) is 3.14. The molecule has 2 N–H and O–H groups in total. The summed E-state index contributed by atoms with van der Waals surface area (Å²) in [6, 6.07) is 2.08. The number of aliphatic hydroxyl groups is 1. The number of nitrogens with one attached hydrogen (secondary N) is 1. The Hall–Kier alpha value is -1.36. The first-order valence-electron chi connectivity index (χ1n) is 6.13. The van der Waals surface area contributed by atoms with Gasteiger partial charge in [-0.25, -0.2) is 4.68 Å². The molecule has 1 aliphatic carbocycles. The minimum atomic E-state index is -0.116. The van der Waals surface area contributed by atoms with Crippen LogP contribution < -0.4 is 10.9 Å². The maximum Gasteiger partial charge on any atom is 0.268 e. The second-order valence-electron chi connectivity index (χ2n) is 4.82.